The number of hydrogen-bond donors (Lipinski definition) is 3. The second-order valence-corrected chi connectivity index (χ2v) is 7.73. The van der Waals surface area contributed by atoms with Gasteiger partial charge in [-0.15, -0.1) is 11.3 Å². The van der Waals surface area contributed by atoms with Crippen LogP contribution in [0.15, 0.2) is 54.0 Å². The molecular formula is C21H20N6O3S. The zero-order valence-corrected chi connectivity index (χ0v) is 17.3. The van der Waals surface area contributed by atoms with Gasteiger partial charge in [-0.05, 0) is 24.3 Å². The highest BCUT2D eigenvalue weighted by atomic mass is 32.1. The van der Waals surface area contributed by atoms with Crippen molar-refractivity contribution < 1.29 is 14.7 Å². The molecule has 0 saturated heterocycles. The molecule has 0 saturated carbocycles. The molecule has 1 aromatic carbocycles. The van der Waals surface area contributed by atoms with E-state index in [0.717, 1.165) is 16.7 Å². The first kappa shape index (κ1) is 20.5. The van der Waals surface area contributed by atoms with Gasteiger partial charge in [0, 0.05) is 24.5 Å². The Labute approximate surface area is 181 Å². The summed E-state index contributed by atoms with van der Waals surface area (Å²) in [6.45, 7) is 0.707. The summed E-state index contributed by atoms with van der Waals surface area (Å²) in [5.41, 5.74) is 2.73. The number of carbonyl (C=O) groups excluding carboxylic acids is 1. The van der Waals surface area contributed by atoms with Gasteiger partial charge in [0.1, 0.15) is 11.5 Å². The summed E-state index contributed by atoms with van der Waals surface area (Å²) < 4.78 is 0. The van der Waals surface area contributed by atoms with Gasteiger partial charge in [0.05, 0.1) is 34.8 Å². The van der Waals surface area contributed by atoms with Crippen LogP contribution in [0.2, 0.25) is 0 Å². The molecule has 158 valence electrons. The van der Waals surface area contributed by atoms with Gasteiger partial charge in [-0.3, -0.25) is 9.78 Å². The number of H-pyrrole nitrogens is 1. The van der Waals surface area contributed by atoms with Gasteiger partial charge in [-0.1, -0.05) is 18.2 Å². The minimum Gasteiger partial charge on any atom is -0.465 e. The lowest BCUT2D eigenvalue weighted by atomic mass is 10.3. The van der Waals surface area contributed by atoms with E-state index in [4.69, 9.17) is 0 Å². The Bertz CT molecular complexity index is 1160. The molecule has 2 amide bonds. The molecule has 0 spiro atoms. The van der Waals surface area contributed by atoms with Gasteiger partial charge in [0.15, 0.2) is 0 Å². The molecule has 0 aliphatic rings. The average Bonchev–Trinajstić information content (AvgIpc) is 3.42. The van der Waals surface area contributed by atoms with E-state index in [9.17, 15) is 14.7 Å². The number of fused-ring (bicyclic) bond motifs is 1. The number of aromatic amines is 1. The van der Waals surface area contributed by atoms with Crippen molar-refractivity contribution in [2.75, 3.05) is 6.54 Å². The number of aromatic nitrogens is 4. The van der Waals surface area contributed by atoms with Crippen LogP contribution in [-0.4, -0.2) is 48.5 Å². The first-order valence-corrected chi connectivity index (χ1v) is 10.5. The SMILES string of the molecule is O=C(NCc1ccccn1)c1csc(CCN(Cc2nc3ccccc3[nH]2)C(=O)O)n1. The normalized spacial score (nSPS) is 10.8. The summed E-state index contributed by atoms with van der Waals surface area (Å²) in [5, 5.41) is 14.7. The Morgan fingerprint density at radius 3 is 2.74 bits per heavy atom. The fraction of sp³-hybridized carbons (Fsp3) is 0.190. The molecule has 3 N–H and O–H groups in total. The van der Waals surface area contributed by atoms with Gasteiger partial charge in [-0.25, -0.2) is 14.8 Å². The summed E-state index contributed by atoms with van der Waals surface area (Å²) in [6.07, 6.45) is 1.04. The molecule has 0 radical (unpaired) electrons. The molecule has 4 aromatic rings. The molecule has 31 heavy (non-hydrogen) atoms. The third-order valence-electron chi connectivity index (χ3n) is 4.59. The number of amides is 2. The van der Waals surface area contributed by atoms with Crippen LogP contribution in [0.4, 0.5) is 4.79 Å². The standard InChI is InChI=1S/C21H20N6O3S/c28-20(23-11-14-5-3-4-9-22-14)17-13-31-19(26-17)8-10-27(21(29)30)12-18-24-15-6-1-2-7-16(15)25-18/h1-7,9,13H,8,10-12H2,(H,23,28)(H,24,25)(H,29,30). The highest BCUT2D eigenvalue weighted by Gasteiger charge is 2.17. The first-order chi connectivity index (χ1) is 15.1. The predicted octanol–water partition coefficient (Wildman–Crippen LogP) is 3.07. The number of imidazole rings is 1. The van der Waals surface area contributed by atoms with Crippen LogP contribution in [0.1, 0.15) is 27.0 Å². The van der Waals surface area contributed by atoms with E-state index in [0.29, 0.717) is 29.5 Å². The first-order valence-electron chi connectivity index (χ1n) is 9.62. The van der Waals surface area contributed by atoms with Crippen LogP contribution < -0.4 is 5.32 Å². The minimum absolute atomic E-state index is 0.146. The lowest BCUT2D eigenvalue weighted by Gasteiger charge is -2.17. The number of nitrogens with one attached hydrogen (secondary N) is 2. The number of thiazole rings is 1. The summed E-state index contributed by atoms with van der Waals surface area (Å²) in [5.74, 6) is 0.294. The Kier molecular flexibility index (Phi) is 6.18. The Balaban J connectivity index is 1.33. The van der Waals surface area contributed by atoms with Crippen molar-refractivity contribution in [2.24, 2.45) is 0 Å². The van der Waals surface area contributed by atoms with E-state index in [1.807, 2.05) is 42.5 Å². The molecule has 0 aliphatic heterocycles. The number of pyridine rings is 1. The molecule has 0 aliphatic carbocycles. The van der Waals surface area contributed by atoms with Crippen LogP contribution >= 0.6 is 11.3 Å². The van der Waals surface area contributed by atoms with E-state index in [-0.39, 0.29) is 19.0 Å². The van der Waals surface area contributed by atoms with Crippen molar-refractivity contribution in [3.05, 3.63) is 76.3 Å². The second-order valence-electron chi connectivity index (χ2n) is 6.79. The van der Waals surface area contributed by atoms with Crippen molar-refractivity contribution >= 4 is 34.4 Å². The number of carboxylic acid groups (broad SMARTS) is 1. The molecule has 10 heteroatoms. The molecule has 0 unspecified atom stereocenters. The lowest BCUT2D eigenvalue weighted by Crippen LogP contribution is -2.31. The molecule has 0 fully saturated rings. The van der Waals surface area contributed by atoms with E-state index < -0.39 is 6.09 Å². The van der Waals surface area contributed by atoms with Crippen molar-refractivity contribution in [3.8, 4) is 0 Å². The molecule has 3 heterocycles. The van der Waals surface area contributed by atoms with Crippen LogP contribution in [0.25, 0.3) is 11.0 Å². The largest absolute Gasteiger partial charge is 0.465 e. The maximum Gasteiger partial charge on any atom is 0.407 e. The predicted molar refractivity (Wildman–Crippen MR) is 116 cm³/mol. The number of rotatable bonds is 8. The minimum atomic E-state index is -1.04. The van der Waals surface area contributed by atoms with Crippen LogP contribution in [0.3, 0.4) is 0 Å². The third kappa shape index (κ3) is 5.23. The van der Waals surface area contributed by atoms with Crippen molar-refractivity contribution in [1.82, 2.24) is 30.2 Å². The molecule has 9 nitrogen and oxygen atoms in total. The molecular weight excluding hydrogens is 416 g/mol. The van der Waals surface area contributed by atoms with Crippen LogP contribution in [0.5, 0.6) is 0 Å². The fourth-order valence-electron chi connectivity index (χ4n) is 3.03. The average molecular weight is 436 g/mol. The second kappa shape index (κ2) is 9.35. The van der Waals surface area contributed by atoms with Crippen LogP contribution in [0, 0.1) is 0 Å². The van der Waals surface area contributed by atoms with Gasteiger partial charge in [0.25, 0.3) is 5.91 Å². The van der Waals surface area contributed by atoms with Crippen molar-refractivity contribution in [1.29, 1.82) is 0 Å². The van der Waals surface area contributed by atoms with E-state index in [2.05, 4.69) is 25.3 Å². The van der Waals surface area contributed by atoms with Gasteiger partial charge in [-0.2, -0.15) is 0 Å². The van der Waals surface area contributed by atoms with Crippen LogP contribution in [-0.2, 0) is 19.5 Å². The fourth-order valence-corrected chi connectivity index (χ4v) is 3.80. The quantitative estimate of drug-likeness (QED) is 0.390. The Morgan fingerprint density at radius 2 is 1.97 bits per heavy atom. The van der Waals surface area contributed by atoms with Crippen molar-refractivity contribution in [3.63, 3.8) is 0 Å². The third-order valence-corrected chi connectivity index (χ3v) is 5.49. The molecule has 4 rings (SSSR count). The highest BCUT2D eigenvalue weighted by molar-refractivity contribution is 7.09. The maximum atomic E-state index is 12.3. The monoisotopic (exact) mass is 436 g/mol. The topological polar surface area (TPSA) is 124 Å². The zero-order valence-electron chi connectivity index (χ0n) is 16.5. The number of hydrogen-bond acceptors (Lipinski definition) is 6. The Hall–Kier alpha value is -3.79. The number of carbonyl (C=O) groups is 2. The lowest BCUT2D eigenvalue weighted by molar-refractivity contribution is 0.0945. The van der Waals surface area contributed by atoms with E-state index >= 15 is 0 Å². The van der Waals surface area contributed by atoms with E-state index in [1.54, 1.807) is 11.6 Å². The highest BCUT2D eigenvalue weighted by Crippen LogP contribution is 2.14. The maximum absolute atomic E-state index is 12.3. The molecule has 0 atom stereocenters. The number of nitrogens with zero attached hydrogens (tertiary/aromatic N) is 4. The van der Waals surface area contributed by atoms with E-state index in [1.165, 1.54) is 16.2 Å². The number of para-hydroxylation sites is 2. The molecule has 3 aromatic heterocycles. The van der Waals surface area contributed by atoms with Gasteiger partial charge < -0.3 is 20.3 Å². The summed E-state index contributed by atoms with van der Waals surface area (Å²) in [6, 6.07) is 13.0. The summed E-state index contributed by atoms with van der Waals surface area (Å²) in [7, 11) is 0. The van der Waals surface area contributed by atoms with Gasteiger partial charge in [0.2, 0.25) is 0 Å². The Morgan fingerprint density at radius 1 is 1.13 bits per heavy atom. The van der Waals surface area contributed by atoms with Crippen molar-refractivity contribution in [2.45, 2.75) is 19.5 Å². The smallest absolute Gasteiger partial charge is 0.407 e. The van der Waals surface area contributed by atoms with Gasteiger partial charge >= 0.3 is 6.09 Å². The zero-order chi connectivity index (χ0) is 21.6. The summed E-state index contributed by atoms with van der Waals surface area (Å²) in [4.78, 5) is 41.3. The summed E-state index contributed by atoms with van der Waals surface area (Å²) >= 11 is 1.33. The number of benzene rings is 1. The molecule has 0 bridgehead atoms.